The molecule has 0 N–H and O–H groups in total. The van der Waals surface area contributed by atoms with Crippen molar-refractivity contribution in [2.75, 3.05) is 12.8 Å². The van der Waals surface area contributed by atoms with Crippen LogP contribution in [0.3, 0.4) is 0 Å². The van der Waals surface area contributed by atoms with Gasteiger partial charge >= 0.3 is 0 Å². The average molecular weight is 477 g/mol. The fraction of sp³-hybridized carbons (Fsp3) is 0.192. The predicted molar refractivity (Wildman–Crippen MR) is 130 cm³/mol. The summed E-state index contributed by atoms with van der Waals surface area (Å²) in [5, 5.41) is 9.29. The molecule has 0 unspecified atom stereocenters. The maximum Gasteiger partial charge on any atom is 0.233 e. The van der Waals surface area contributed by atoms with Crippen LogP contribution in [0, 0.1) is 12.7 Å². The molecule has 0 spiro atoms. The van der Waals surface area contributed by atoms with Crippen LogP contribution in [0.1, 0.15) is 17.0 Å². The van der Waals surface area contributed by atoms with E-state index in [4.69, 9.17) is 4.74 Å². The van der Waals surface area contributed by atoms with E-state index >= 15 is 0 Å². The molecular weight excluding hydrogens is 451 g/mol. The molecule has 0 aliphatic heterocycles. The van der Waals surface area contributed by atoms with Crippen molar-refractivity contribution < 1.29 is 13.9 Å². The van der Waals surface area contributed by atoms with Crippen molar-refractivity contribution >= 4 is 17.7 Å². The highest BCUT2D eigenvalue weighted by atomic mass is 32.2. The molecule has 1 aromatic heterocycles. The third-order valence-electron chi connectivity index (χ3n) is 5.25. The van der Waals surface area contributed by atoms with E-state index in [-0.39, 0.29) is 24.1 Å². The summed E-state index contributed by atoms with van der Waals surface area (Å²) >= 11 is 1.32. The van der Waals surface area contributed by atoms with Gasteiger partial charge in [-0.3, -0.25) is 9.36 Å². The number of hydrogen-bond donors (Lipinski definition) is 0. The number of thioether (sulfide) groups is 1. The number of para-hydroxylation sites is 2. The van der Waals surface area contributed by atoms with Gasteiger partial charge in [-0.15, -0.1) is 10.2 Å². The lowest BCUT2D eigenvalue weighted by Gasteiger charge is -2.17. The third kappa shape index (κ3) is 5.82. The summed E-state index contributed by atoms with van der Waals surface area (Å²) in [5.41, 5.74) is 2.80. The molecule has 0 bridgehead atoms. The van der Waals surface area contributed by atoms with Crippen LogP contribution >= 0.6 is 11.8 Å². The zero-order valence-electron chi connectivity index (χ0n) is 19.0. The molecule has 0 aliphatic rings. The second-order valence-corrected chi connectivity index (χ2v) is 8.73. The molecule has 4 aromatic rings. The SMILES string of the molecule is Cc1ccccc1OCc1nnc(SCC(=O)N(C)Cc2ccc(F)cc2)n1-c1ccccc1. The van der Waals surface area contributed by atoms with Crippen LogP contribution in [-0.2, 0) is 17.9 Å². The Morgan fingerprint density at radius 2 is 1.71 bits per heavy atom. The molecule has 0 saturated heterocycles. The number of ether oxygens (including phenoxy) is 1. The minimum atomic E-state index is -0.296. The van der Waals surface area contributed by atoms with Crippen molar-refractivity contribution in [2.45, 2.75) is 25.2 Å². The summed E-state index contributed by atoms with van der Waals surface area (Å²) in [5.74, 6) is 1.27. The lowest BCUT2D eigenvalue weighted by Crippen LogP contribution is -2.27. The number of carbonyl (C=O) groups excluding carboxylic acids is 1. The van der Waals surface area contributed by atoms with Gasteiger partial charge in [-0.25, -0.2) is 4.39 Å². The molecule has 34 heavy (non-hydrogen) atoms. The molecule has 0 radical (unpaired) electrons. The quantitative estimate of drug-likeness (QED) is 0.317. The summed E-state index contributed by atoms with van der Waals surface area (Å²) in [6.45, 7) is 2.64. The van der Waals surface area contributed by atoms with E-state index in [0.29, 0.717) is 17.5 Å². The molecular formula is C26H25FN4O2S. The first kappa shape index (κ1) is 23.5. The number of aromatic nitrogens is 3. The van der Waals surface area contributed by atoms with Crippen LogP contribution in [0.2, 0.25) is 0 Å². The Kier molecular flexibility index (Phi) is 7.59. The fourth-order valence-corrected chi connectivity index (χ4v) is 4.28. The van der Waals surface area contributed by atoms with E-state index in [2.05, 4.69) is 10.2 Å². The minimum absolute atomic E-state index is 0.0605. The smallest absolute Gasteiger partial charge is 0.233 e. The van der Waals surface area contributed by atoms with Crippen LogP contribution in [0.5, 0.6) is 5.75 Å². The first-order chi connectivity index (χ1) is 16.5. The Labute approximate surface area is 202 Å². The first-order valence-corrected chi connectivity index (χ1v) is 11.8. The Bertz CT molecular complexity index is 1250. The maximum absolute atomic E-state index is 13.1. The first-order valence-electron chi connectivity index (χ1n) is 10.8. The second-order valence-electron chi connectivity index (χ2n) is 7.79. The van der Waals surface area contributed by atoms with E-state index < -0.39 is 0 Å². The monoisotopic (exact) mass is 476 g/mol. The van der Waals surface area contributed by atoms with Crippen molar-refractivity contribution in [3.05, 3.63) is 102 Å². The molecule has 0 aliphatic carbocycles. The van der Waals surface area contributed by atoms with Gasteiger partial charge in [0.2, 0.25) is 5.91 Å². The largest absolute Gasteiger partial charge is 0.485 e. The van der Waals surface area contributed by atoms with Crippen molar-refractivity contribution in [1.82, 2.24) is 19.7 Å². The van der Waals surface area contributed by atoms with Crippen LogP contribution in [0.4, 0.5) is 4.39 Å². The van der Waals surface area contributed by atoms with E-state index in [1.165, 1.54) is 23.9 Å². The lowest BCUT2D eigenvalue weighted by atomic mass is 10.2. The maximum atomic E-state index is 13.1. The standard InChI is InChI=1S/C26H25FN4O2S/c1-19-8-6-7-11-23(19)33-17-24-28-29-26(31(24)22-9-4-3-5-10-22)34-18-25(32)30(2)16-20-12-14-21(27)15-13-20/h3-15H,16-18H2,1-2H3. The molecule has 0 atom stereocenters. The molecule has 174 valence electrons. The third-order valence-corrected chi connectivity index (χ3v) is 6.16. The average Bonchev–Trinajstić information content (AvgIpc) is 3.26. The van der Waals surface area contributed by atoms with Crippen LogP contribution in [0.15, 0.2) is 84.0 Å². The van der Waals surface area contributed by atoms with Gasteiger partial charge in [0.25, 0.3) is 0 Å². The van der Waals surface area contributed by atoms with Crippen molar-refractivity contribution in [2.24, 2.45) is 0 Å². The van der Waals surface area contributed by atoms with Crippen LogP contribution in [0.25, 0.3) is 5.69 Å². The molecule has 8 heteroatoms. The van der Waals surface area contributed by atoms with Gasteiger partial charge in [0, 0.05) is 19.3 Å². The number of benzene rings is 3. The number of nitrogens with zero attached hydrogens (tertiary/aromatic N) is 4. The fourth-order valence-electron chi connectivity index (χ4n) is 3.37. The minimum Gasteiger partial charge on any atom is -0.485 e. The zero-order valence-corrected chi connectivity index (χ0v) is 19.8. The number of amides is 1. The molecule has 1 amide bonds. The van der Waals surface area contributed by atoms with E-state index in [1.807, 2.05) is 66.1 Å². The van der Waals surface area contributed by atoms with Gasteiger partial charge in [0.05, 0.1) is 5.75 Å². The van der Waals surface area contributed by atoms with E-state index in [0.717, 1.165) is 22.6 Å². The normalized spacial score (nSPS) is 10.8. The molecule has 1 heterocycles. The Morgan fingerprint density at radius 1 is 1.00 bits per heavy atom. The van der Waals surface area contributed by atoms with Gasteiger partial charge in [-0.2, -0.15) is 0 Å². The molecule has 3 aromatic carbocycles. The number of halogens is 1. The number of carbonyl (C=O) groups is 1. The van der Waals surface area contributed by atoms with Crippen molar-refractivity contribution in [3.63, 3.8) is 0 Å². The van der Waals surface area contributed by atoms with Crippen molar-refractivity contribution in [1.29, 1.82) is 0 Å². The summed E-state index contributed by atoms with van der Waals surface area (Å²) in [6.07, 6.45) is 0. The van der Waals surface area contributed by atoms with Gasteiger partial charge in [0.15, 0.2) is 11.0 Å². The molecule has 0 saturated carbocycles. The summed E-state index contributed by atoms with van der Waals surface area (Å²) in [6, 6.07) is 23.7. The number of hydrogen-bond acceptors (Lipinski definition) is 5. The molecule has 0 fully saturated rings. The van der Waals surface area contributed by atoms with Crippen LogP contribution < -0.4 is 4.74 Å². The summed E-state index contributed by atoms with van der Waals surface area (Å²) < 4.78 is 21.0. The van der Waals surface area contributed by atoms with Gasteiger partial charge in [-0.05, 0) is 48.4 Å². The summed E-state index contributed by atoms with van der Waals surface area (Å²) in [7, 11) is 1.73. The molecule has 6 nitrogen and oxygen atoms in total. The topological polar surface area (TPSA) is 60.3 Å². The van der Waals surface area contributed by atoms with E-state index in [1.54, 1.807) is 24.1 Å². The number of aryl methyl sites for hydroxylation is 1. The Hall–Kier alpha value is -3.65. The highest BCUT2D eigenvalue weighted by molar-refractivity contribution is 7.99. The van der Waals surface area contributed by atoms with Gasteiger partial charge < -0.3 is 9.64 Å². The van der Waals surface area contributed by atoms with E-state index in [9.17, 15) is 9.18 Å². The highest BCUT2D eigenvalue weighted by Gasteiger charge is 2.18. The number of rotatable bonds is 9. The van der Waals surface area contributed by atoms with Crippen molar-refractivity contribution in [3.8, 4) is 11.4 Å². The molecule has 4 rings (SSSR count). The predicted octanol–water partition coefficient (Wildman–Crippen LogP) is 5.04. The highest BCUT2D eigenvalue weighted by Crippen LogP contribution is 2.24. The lowest BCUT2D eigenvalue weighted by molar-refractivity contribution is -0.127. The second kappa shape index (κ2) is 11.0. The zero-order chi connectivity index (χ0) is 23.9. The van der Waals surface area contributed by atoms with Gasteiger partial charge in [0.1, 0.15) is 18.2 Å². The summed E-state index contributed by atoms with van der Waals surface area (Å²) in [4.78, 5) is 14.4. The van der Waals surface area contributed by atoms with Gasteiger partial charge in [-0.1, -0.05) is 60.3 Å². The Balaban J connectivity index is 1.47. The van der Waals surface area contributed by atoms with Crippen LogP contribution in [-0.4, -0.2) is 38.4 Å². The Morgan fingerprint density at radius 3 is 2.44 bits per heavy atom.